The standard InChI is InChI=1S/C23H22O2/c1-17-15-18(13-14-21(17)24)22(25)16-23(2,19-9-5-3-6-10-19)20-11-7-4-8-12-20/h3-15,24H,16H2,1-2H3. The maximum absolute atomic E-state index is 13.0. The average molecular weight is 330 g/mol. The van der Waals surface area contributed by atoms with Crippen LogP contribution in [0.4, 0.5) is 0 Å². The number of phenols is 1. The van der Waals surface area contributed by atoms with Crippen LogP contribution in [-0.4, -0.2) is 10.9 Å². The van der Waals surface area contributed by atoms with Crippen LogP contribution in [0.5, 0.6) is 5.75 Å². The molecule has 0 atom stereocenters. The molecule has 0 aromatic heterocycles. The Bertz CT molecular complexity index is 828. The fourth-order valence-corrected chi connectivity index (χ4v) is 3.23. The van der Waals surface area contributed by atoms with Crippen molar-refractivity contribution in [2.24, 2.45) is 0 Å². The monoisotopic (exact) mass is 330 g/mol. The molecule has 0 amide bonds. The third-order valence-corrected chi connectivity index (χ3v) is 4.85. The number of carbonyl (C=O) groups is 1. The van der Waals surface area contributed by atoms with Gasteiger partial charge < -0.3 is 5.11 Å². The van der Waals surface area contributed by atoms with Gasteiger partial charge in [0, 0.05) is 17.4 Å². The molecule has 0 aliphatic heterocycles. The Morgan fingerprint density at radius 2 is 1.40 bits per heavy atom. The molecule has 0 bridgehead atoms. The highest BCUT2D eigenvalue weighted by molar-refractivity contribution is 5.97. The fraction of sp³-hybridized carbons (Fsp3) is 0.174. The van der Waals surface area contributed by atoms with Crippen molar-refractivity contribution in [3.8, 4) is 5.75 Å². The number of aromatic hydroxyl groups is 1. The number of benzene rings is 3. The Hall–Kier alpha value is -2.87. The predicted octanol–water partition coefficient (Wildman–Crippen LogP) is 5.28. The Morgan fingerprint density at radius 1 is 0.880 bits per heavy atom. The minimum absolute atomic E-state index is 0.0679. The molecule has 2 heteroatoms. The van der Waals surface area contributed by atoms with Gasteiger partial charge in [0.1, 0.15) is 5.75 Å². The molecule has 0 aliphatic carbocycles. The molecule has 0 fully saturated rings. The van der Waals surface area contributed by atoms with E-state index in [0.29, 0.717) is 17.5 Å². The SMILES string of the molecule is Cc1cc(C(=O)CC(C)(c2ccccc2)c2ccccc2)ccc1O. The van der Waals surface area contributed by atoms with E-state index in [9.17, 15) is 9.90 Å². The summed E-state index contributed by atoms with van der Waals surface area (Å²) in [6, 6.07) is 25.3. The van der Waals surface area contributed by atoms with E-state index < -0.39 is 5.41 Å². The Kier molecular flexibility index (Phi) is 4.71. The zero-order chi connectivity index (χ0) is 17.9. The second-order valence-corrected chi connectivity index (χ2v) is 6.67. The summed E-state index contributed by atoms with van der Waals surface area (Å²) in [6.07, 6.45) is 0.366. The maximum Gasteiger partial charge on any atom is 0.164 e. The highest BCUT2D eigenvalue weighted by atomic mass is 16.3. The largest absolute Gasteiger partial charge is 0.508 e. The lowest BCUT2D eigenvalue weighted by Crippen LogP contribution is -2.27. The number of hydrogen-bond acceptors (Lipinski definition) is 2. The molecule has 0 heterocycles. The van der Waals surface area contributed by atoms with Gasteiger partial charge in [-0.2, -0.15) is 0 Å². The molecule has 0 aliphatic rings. The van der Waals surface area contributed by atoms with Gasteiger partial charge in [-0.05, 0) is 41.8 Å². The normalized spacial score (nSPS) is 11.3. The summed E-state index contributed by atoms with van der Waals surface area (Å²) in [7, 11) is 0. The van der Waals surface area contributed by atoms with Crippen molar-refractivity contribution >= 4 is 5.78 Å². The number of aryl methyl sites for hydroxylation is 1. The van der Waals surface area contributed by atoms with Gasteiger partial charge in [-0.15, -0.1) is 0 Å². The molecule has 3 rings (SSSR count). The number of hydrogen-bond donors (Lipinski definition) is 1. The third kappa shape index (κ3) is 3.48. The molecule has 0 saturated carbocycles. The van der Waals surface area contributed by atoms with E-state index in [4.69, 9.17) is 0 Å². The van der Waals surface area contributed by atoms with Crippen molar-refractivity contribution in [3.05, 3.63) is 101 Å². The summed E-state index contributed by atoms with van der Waals surface area (Å²) in [5, 5.41) is 9.70. The van der Waals surface area contributed by atoms with E-state index in [1.54, 1.807) is 25.1 Å². The number of carbonyl (C=O) groups excluding carboxylic acids is 1. The van der Waals surface area contributed by atoms with Crippen LogP contribution >= 0.6 is 0 Å². The summed E-state index contributed by atoms with van der Waals surface area (Å²) < 4.78 is 0. The number of phenolic OH excluding ortho intramolecular Hbond substituents is 1. The Balaban J connectivity index is 2.01. The van der Waals surface area contributed by atoms with Crippen LogP contribution in [0.25, 0.3) is 0 Å². The molecule has 2 nitrogen and oxygen atoms in total. The van der Waals surface area contributed by atoms with Gasteiger partial charge in [-0.1, -0.05) is 67.6 Å². The minimum Gasteiger partial charge on any atom is -0.508 e. The van der Waals surface area contributed by atoms with Crippen molar-refractivity contribution < 1.29 is 9.90 Å². The van der Waals surface area contributed by atoms with Crippen LogP contribution in [0.2, 0.25) is 0 Å². The summed E-state index contributed by atoms with van der Waals surface area (Å²) in [5.74, 6) is 0.281. The van der Waals surface area contributed by atoms with Gasteiger partial charge in [0.25, 0.3) is 0 Å². The van der Waals surface area contributed by atoms with Gasteiger partial charge in [-0.25, -0.2) is 0 Å². The molecule has 3 aromatic carbocycles. The molecule has 3 aromatic rings. The third-order valence-electron chi connectivity index (χ3n) is 4.85. The van der Waals surface area contributed by atoms with Gasteiger partial charge in [0.2, 0.25) is 0 Å². The topological polar surface area (TPSA) is 37.3 Å². The van der Waals surface area contributed by atoms with E-state index >= 15 is 0 Å². The summed E-state index contributed by atoms with van der Waals surface area (Å²) in [4.78, 5) is 13.0. The van der Waals surface area contributed by atoms with Crippen LogP contribution in [0.15, 0.2) is 78.9 Å². The van der Waals surface area contributed by atoms with E-state index in [1.807, 2.05) is 36.4 Å². The van der Waals surface area contributed by atoms with E-state index in [0.717, 1.165) is 11.1 Å². The molecule has 25 heavy (non-hydrogen) atoms. The van der Waals surface area contributed by atoms with E-state index in [-0.39, 0.29) is 11.5 Å². The Morgan fingerprint density at radius 3 is 1.88 bits per heavy atom. The smallest absolute Gasteiger partial charge is 0.164 e. The molecule has 126 valence electrons. The van der Waals surface area contributed by atoms with Gasteiger partial charge in [-0.3, -0.25) is 4.79 Å². The van der Waals surface area contributed by atoms with Gasteiger partial charge in [0.15, 0.2) is 5.78 Å². The first-order chi connectivity index (χ1) is 12.0. The average Bonchev–Trinajstić information content (AvgIpc) is 2.65. The van der Waals surface area contributed by atoms with Crippen LogP contribution in [0.1, 0.15) is 40.4 Å². The molecule has 1 N–H and O–H groups in total. The Labute approximate surface area is 148 Å². The van der Waals surface area contributed by atoms with Crippen LogP contribution in [0, 0.1) is 6.92 Å². The van der Waals surface area contributed by atoms with Gasteiger partial charge in [0.05, 0.1) is 0 Å². The lowest BCUT2D eigenvalue weighted by atomic mass is 9.72. The summed E-state index contributed by atoms with van der Waals surface area (Å²) in [6.45, 7) is 3.92. The fourth-order valence-electron chi connectivity index (χ4n) is 3.23. The highest BCUT2D eigenvalue weighted by Crippen LogP contribution is 2.36. The van der Waals surface area contributed by atoms with E-state index in [2.05, 4.69) is 31.2 Å². The van der Waals surface area contributed by atoms with E-state index in [1.165, 1.54) is 0 Å². The second-order valence-electron chi connectivity index (χ2n) is 6.67. The number of Topliss-reactive ketones (excluding diaryl/α,β-unsaturated/α-hetero) is 1. The summed E-state index contributed by atoms with van der Waals surface area (Å²) >= 11 is 0. The quantitative estimate of drug-likeness (QED) is 0.646. The van der Waals surface area contributed by atoms with Gasteiger partial charge >= 0.3 is 0 Å². The molecular weight excluding hydrogens is 308 g/mol. The molecular formula is C23H22O2. The predicted molar refractivity (Wildman–Crippen MR) is 101 cm³/mol. The first-order valence-corrected chi connectivity index (χ1v) is 8.44. The van der Waals surface area contributed by atoms with Crippen molar-refractivity contribution in [1.82, 2.24) is 0 Å². The van der Waals surface area contributed by atoms with Crippen LogP contribution in [0.3, 0.4) is 0 Å². The highest BCUT2D eigenvalue weighted by Gasteiger charge is 2.31. The van der Waals surface area contributed by atoms with Crippen molar-refractivity contribution in [2.75, 3.05) is 0 Å². The minimum atomic E-state index is -0.411. The zero-order valence-electron chi connectivity index (χ0n) is 14.6. The first kappa shape index (κ1) is 17.0. The number of rotatable bonds is 5. The lowest BCUT2D eigenvalue weighted by Gasteiger charge is -2.30. The molecule has 0 radical (unpaired) electrons. The zero-order valence-corrected chi connectivity index (χ0v) is 14.6. The molecule has 0 saturated heterocycles. The summed E-state index contributed by atoms with van der Waals surface area (Å²) in [5.41, 5.74) is 3.17. The van der Waals surface area contributed by atoms with Crippen molar-refractivity contribution in [3.63, 3.8) is 0 Å². The first-order valence-electron chi connectivity index (χ1n) is 8.44. The molecule has 0 spiro atoms. The maximum atomic E-state index is 13.0. The van der Waals surface area contributed by atoms with Crippen LogP contribution in [-0.2, 0) is 5.41 Å². The van der Waals surface area contributed by atoms with Crippen molar-refractivity contribution in [2.45, 2.75) is 25.7 Å². The number of ketones is 1. The van der Waals surface area contributed by atoms with Crippen LogP contribution < -0.4 is 0 Å². The molecule has 0 unspecified atom stereocenters. The van der Waals surface area contributed by atoms with Crippen molar-refractivity contribution in [1.29, 1.82) is 0 Å². The lowest BCUT2D eigenvalue weighted by molar-refractivity contribution is 0.0962. The second kappa shape index (κ2) is 6.94.